The van der Waals surface area contributed by atoms with Crippen LogP contribution < -0.4 is 10.6 Å². The van der Waals surface area contributed by atoms with Gasteiger partial charge >= 0.3 is 0 Å². The van der Waals surface area contributed by atoms with Crippen molar-refractivity contribution in [2.75, 3.05) is 13.1 Å². The minimum absolute atomic E-state index is 0.118. The minimum atomic E-state index is -0.447. The van der Waals surface area contributed by atoms with Crippen molar-refractivity contribution in [3.8, 4) is 0 Å². The second-order valence-corrected chi connectivity index (χ2v) is 4.56. The zero-order valence-electron chi connectivity index (χ0n) is 12.2. The number of aliphatic imine (C=N–C) groups is 1. The van der Waals surface area contributed by atoms with Crippen LogP contribution in [0.2, 0.25) is 0 Å². The van der Waals surface area contributed by atoms with Crippen molar-refractivity contribution in [1.82, 2.24) is 10.6 Å². The average molecular weight is 283 g/mol. The van der Waals surface area contributed by atoms with Gasteiger partial charge in [-0.05, 0) is 31.5 Å². The Morgan fingerprint density at radius 1 is 1.15 bits per heavy atom. The highest BCUT2D eigenvalue weighted by atomic mass is 19.1. The maximum absolute atomic E-state index is 13.5. The summed E-state index contributed by atoms with van der Waals surface area (Å²) in [7, 11) is 0. The molecule has 0 aliphatic heterocycles. The van der Waals surface area contributed by atoms with Crippen molar-refractivity contribution in [1.29, 1.82) is 0 Å². The molecule has 0 saturated carbocycles. The molecule has 3 nitrogen and oxygen atoms in total. The number of hydrogen-bond donors (Lipinski definition) is 2. The minimum Gasteiger partial charge on any atom is -0.357 e. The molecule has 1 rings (SSSR count). The third kappa shape index (κ3) is 5.99. The summed E-state index contributed by atoms with van der Waals surface area (Å²) in [6.45, 7) is 5.78. The molecule has 1 aromatic rings. The lowest BCUT2D eigenvalue weighted by Crippen LogP contribution is -2.37. The lowest BCUT2D eigenvalue weighted by Gasteiger charge is -2.11. The first-order chi connectivity index (χ1) is 9.67. The highest BCUT2D eigenvalue weighted by Gasteiger charge is 2.04. The highest BCUT2D eigenvalue weighted by Crippen LogP contribution is 2.10. The molecular weight excluding hydrogens is 260 g/mol. The average Bonchev–Trinajstić information content (AvgIpc) is 2.44. The second-order valence-electron chi connectivity index (χ2n) is 4.56. The Balaban J connectivity index is 2.59. The van der Waals surface area contributed by atoms with Gasteiger partial charge in [-0.3, -0.25) is 0 Å². The molecule has 0 amide bonds. The molecule has 1 aromatic carbocycles. The molecule has 0 saturated heterocycles. The van der Waals surface area contributed by atoms with E-state index >= 15 is 0 Å². The van der Waals surface area contributed by atoms with E-state index < -0.39 is 11.6 Å². The number of hydrogen-bond acceptors (Lipinski definition) is 1. The van der Waals surface area contributed by atoms with Crippen molar-refractivity contribution < 1.29 is 8.78 Å². The Kier molecular flexibility index (Phi) is 7.62. The molecule has 20 heavy (non-hydrogen) atoms. The lowest BCUT2D eigenvalue weighted by molar-refractivity contribution is 0.585. The normalized spacial score (nSPS) is 11.5. The van der Waals surface area contributed by atoms with Crippen LogP contribution in [-0.4, -0.2) is 19.0 Å². The van der Waals surface area contributed by atoms with Crippen LogP contribution in [0.3, 0.4) is 0 Å². The second kappa shape index (κ2) is 9.28. The Morgan fingerprint density at radius 3 is 2.65 bits per heavy atom. The molecule has 0 bridgehead atoms. The maximum Gasteiger partial charge on any atom is 0.191 e. The van der Waals surface area contributed by atoms with E-state index in [1.54, 1.807) is 0 Å². The van der Waals surface area contributed by atoms with Gasteiger partial charge in [-0.1, -0.05) is 19.8 Å². The number of benzene rings is 1. The van der Waals surface area contributed by atoms with Gasteiger partial charge in [-0.25, -0.2) is 13.8 Å². The van der Waals surface area contributed by atoms with Crippen LogP contribution in [0.4, 0.5) is 8.78 Å². The smallest absolute Gasteiger partial charge is 0.191 e. The fraction of sp³-hybridized carbons (Fsp3) is 0.533. The molecule has 0 aliphatic carbocycles. The van der Waals surface area contributed by atoms with Crippen LogP contribution in [0.5, 0.6) is 0 Å². The van der Waals surface area contributed by atoms with E-state index in [2.05, 4.69) is 22.5 Å². The number of nitrogens with one attached hydrogen (secondary N) is 2. The monoisotopic (exact) mass is 283 g/mol. The van der Waals surface area contributed by atoms with E-state index in [1.807, 2.05) is 6.92 Å². The van der Waals surface area contributed by atoms with Gasteiger partial charge in [0.15, 0.2) is 5.96 Å². The number of nitrogens with zero attached hydrogens (tertiary/aromatic N) is 1. The van der Waals surface area contributed by atoms with Crippen molar-refractivity contribution in [2.45, 2.75) is 39.7 Å². The summed E-state index contributed by atoms with van der Waals surface area (Å²) < 4.78 is 26.5. The first-order valence-electron chi connectivity index (χ1n) is 7.13. The van der Waals surface area contributed by atoms with Crippen LogP contribution in [0.1, 0.15) is 38.7 Å². The number of halogens is 2. The Labute approximate surface area is 119 Å². The van der Waals surface area contributed by atoms with Crippen LogP contribution >= 0.6 is 0 Å². The molecule has 0 spiro atoms. The summed E-state index contributed by atoms with van der Waals surface area (Å²) in [5.74, 6) is -0.248. The van der Waals surface area contributed by atoms with E-state index in [0.717, 1.165) is 44.5 Å². The topological polar surface area (TPSA) is 36.4 Å². The largest absolute Gasteiger partial charge is 0.357 e. The van der Waals surface area contributed by atoms with Gasteiger partial charge in [0.1, 0.15) is 11.6 Å². The molecule has 0 fully saturated rings. The van der Waals surface area contributed by atoms with Gasteiger partial charge in [-0.15, -0.1) is 0 Å². The summed E-state index contributed by atoms with van der Waals surface area (Å²) in [6.07, 6.45) is 3.38. The van der Waals surface area contributed by atoms with Crippen molar-refractivity contribution in [3.63, 3.8) is 0 Å². The van der Waals surface area contributed by atoms with Crippen molar-refractivity contribution in [3.05, 3.63) is 35.4 Å². The molecule has 0 aliphatic rings. The fourth-order valence-corrected chi connectivity index (χ4v) is 1.75. The molecule has 112 valence electrons. The zero-order valence-corrected chi connectivity index (χ0v) is 12.2. The third-order valence-corrected chi connectivity index (χ3v) is 2.83. The number of rotatable bonds is 7. The third-order valence-electron chi connectivity index (χ3n) is 2.83. The Bertz CT molecular complexity index is 433. The summed E-state index contributed by atoms with van der Waals surface area (Å²) in [5, 5.41) is 6.27. The van der Waals surface area contributed by atoms with Crippen LogP contribution in [0.25, 0.3) is 0 Å². The SMILES string of the molecule is CCCCCNC(=NCc1cc(F)ccc1F)NCC. The lowest BCUT2D eigenvalue weighted by atomic mass is 10.2. The van der Waals surface area contributed by atoms with E-state index in [1.165, 1.54) is 6.07 Å². The highest BCUT2D eigenvalue weighted by molar-refractivity contribution is 5.79. The van der Waals surface area contributed by atoms with Crippen molar-refractivity contribution >= 4 is 5.96 Å². The first-order valence-corrected chi connectivity index (χ1v) is 7.13. The van der Waals surface area contributed by atoms with E-state index in [9.17, 15) is 8.78 Å². The molecule has 0 atom stereocenters. The van der Waals surface area contributed by atoms with Gasteiger partial charge in [-0.2, -0.15) is 0 Å². The molecule has 2 N–H and O–H groups in total. The van der Waals surface area contributed by atoms with Gasteiger partial charge in [0.2, 0.25) is 0 Å². The quantitative estimate of drug-likeness (QED) is 0.458. The maximum atomic E-state index is 13.5. The number of guanidine groups is 1. The molecule has 0 heterocycles. The van der Waals surface area contributed by atoms with E-state index in [0.29, 0.717) is 5.96 Å². The van der Waals surface area contributed by atoms with Gasteiger partial charge < -0.3 is 10.6 Å². The Morgan fingerprint density at radius 2 is 1.95 bits per heavy atom. The summed E-state index contributed by atoms with van der Waals surface area (Å²) in [6, 6.07) is 3.41. The summed E-state index contributed by atoms with van der Waals surface area (Å²) in [4.78, 5) is 4.27. The van der Waals surface area contributed by atoms with Crippen LogP contribution in [0.15, 0.2) is 23.2 Å². The van der Waals surface area contributed by atoms with E-state index in [-0.39, 0.29) is 12.1 Å². The predicted molar refractivity (Wildman–Crippen MR) is 78.7 cm³/mol. The molecule has 0 aromatic heterocycles. The van der Waals surface area contributed by atoms with E-state index in [4.69, 9.17) is 0 Å². The zero-order chi connectivity index (χ0) is 14.8. The summed E-state index contributed by atoms with van der Waals surface area (Å²) >= 11 is 0. The van der Waals surface area contributed by atoms with Gasteiger partial charge in [0, 0.05) is 18.7 Å². The van der Waals surface area contributed by atoms with Gasteiger partial charge in [0.25, 0.3) is 0 Å². The molecular formula is C15H23F2N3. The molecule has 5 heteroatoms. The van der Waals surface area contributed by atoms with Crippen LogP contribution in [0, 0.1) is 11.6 Å². The Hall–Kier alpha value is -1.65. The van der Waals surface area contributed by atoms with Crippen molar-refractivity contribution in [2.24, 2.45) is 4.99 Å². The van der Waals surface area contributed by atoms with Crippen LogP contribution in [-0.2, 0) is 6.54 Å². The molecule has 0 radical (unpaired) electrons. The molecule has 0 unspecified atom stereocenters. The predicted octanol–water partition coefficient (Wildman–Crippen LogP) is 3.21. The first kappa shape index (κ1) is 16.4. The van der Waals surface area contributed by atoms with Gasteiger partial charge in [0.05, 0.1) is 6.54 Å². The summed E-state index contributed by atoms with van der Waals surface area (Å²) in [5.41, 5.74) is 0.260. The fourth-order valence-electron chi connectivity index (χ4n) is 1.75. The standard InChI is InChI=1S/C15H23F2N3/c1-3-5-6-9-19-15(18-4-2)20-11-12-10-13(16)7-8-14(12)17/h7-8,10H,3-6,9,11H2,1-2H3,(H2,18,19,20). The number of unbranched alkanes of at least 4 members (excludes halogenated alkanes) is 2.